The highest BCUT2D eigenvalue weighted by atomic mass is 32.2. The second-order valence-corrected chi connectivity index (χ2v) is 9.53. The molecule has 0 unspecified atom stereocenters. The van der Waals surface area contributed by atoms with Gasteiger partial charge in [-0.3, -0.25) is 4.79 Å². The summed E-state index contributed by atoms with van der Waals surface area (Å²) in [6.07, 6.45) is 12.0. The van der Waals surface area contributed by atoms with Crippen molar-refractivity contribution in [1.29, 1.82) is 0 Å². The number of rotatable bonds is 8. The van der Waals surface area contributed by atoms with Crippen LogP contribution in [0.5, 0.6) is 11.5 Å². The van der Waals surface area contributed by atoms with Crippen molar-refractivity contribution in [3.8, 4) is 17.2 Å². The molecule has 0 radical (unpaired) electrons. The minimum Gasteiger partial charge on any atom is -0.497 e. The lowest BCUT2D eigenvalue weighted by Crippen LogP contribution is -2.49. The van der Waals surface area contributed by atoms with Gasteiger partial charge in [-0.2, -0.15) is 4.68 Å². The fourth-order valence-electron chi connectivity index (χ4n) is 5.00. The Labute approximate surface area is 194 Å². The molecule has 0 aliphatic heterocycles. The summed E-state index contributed by atoms with van der Waals surface area (Å²) in [6, 6.07) is 6.27. The van der Waals surface area contributed by atoms with Crippen molar-refractivity contribution in [3.05, 3.63) is 18.2 Å². The van der Waals surface area contributed by atoms with Gasteiger partial charge in [-0.15, -0.1) is 5.10 Å². The van der Waals surface area contributed by atoms with Crippen molar-refractivity contribution in [3.63, 3.8) is 0 Å². The smallest absolute Gasteiger partial charge is 0.233 e. The van der Waals surface area contributed by atoms with Crippen LogP contribution in [0.2, 0.25) is 0 Å². The van der Waals surface area contributed by atoms with Crippen LogP contribution in [0.3, 0.4) is 0 Å². The Morgan fingerprint density at radius 3 is 2.28 bits per heavy atom. The van der Waals surface area contributed by atoms with Crippen molar-refractivity contribution >= 4 is 17.7 Å². The Kier molecular flexibility index (Phi) is 7.89. The lowest BCUT2D eigenvalue weighted by Gasteiger charge is -2.41. The van der Waals surface area contributed by atoms with Gasteiger partial charge in [0.2, 0.25) is 11.1 Å². The number of hydrogen-bond acceptors (Lipinski definition) is 7. The first-order valence-corrected chi connectivity index (χ1v) is 12.6. The number of methoxy groups -OCH3 is 2. The van der Waals surface area contributed by atoms with Gasteiger partial charge in [-0.1, -0.05) is 50.3 Å². The Bertz CT molecular complexity index is 876. The molecule has 174 valence electrons. The van der Waals surface area contributed by atoms with E-state index in [0.717, 1.165) is 25.7 Å². The number of hydrogen-bond donors (Lipinski definition) is 0. The van der Waals surface area contributed by atoms with Gasteiger partial charge >= 0.3 is 0 Å². The molecule has 32 heavy (non-hydrogen) atoms. The quantitative estimate of drug-likeness (QED) is 0.545. The van der Waals surface area contributed by atoms with Crippen molar-refractivity contribution in [2.45, 2.75) is 81.4 Å². The third-order valence-corrected chi connectivity index (χ3v) is 7.51. The molecular weight excluding hydrogens is 426 g/mol. The van der Waals surface area contributed by atoms with Gasteiger partial charge in [-0.05, 0) is 48.2 Å². The van der Waals surface area contributed by atoms with Gasteiger partial charge < -0.3 is 14.4 Å². The van der Waals surface area contributed by atoms with Crippen molar-refractivity contribution in [1.82, 2.24) is 25.1 Å². The summed E-state index contributed by atoms with van der Waals surface area (Å²) in [5.74, 6) is 1.85. The molecule has 2 aliphatic rings. The average molecular weight is 460 g/mol. The average Bonchev–Trinajstić information content (AvgIpc) is 3.32. The summed E-state index contributed by atoms with van der Waals surface area (Å²) in [7, 11) is 3.22. The fraction of sp³-hybridized carbons (Fsp3) is 0.652. The molecular formula is C23H33N5O3S. The number of carbonyl (C=O) groups excluding carboxylic acids is 1. The molecule has 0 spiro atoms. The highest BCUT2D eigenvalue weighted by molar-refractivity contribution is 7.99. The SMILES string of the molecule is COc1ccc(-n2nnnc2SCC(=O)N(C2CCCCC2)C2CCCCC2)c(OC)c1. The topological polar surface area (TPSA) is 82.4 Å². The van der Waals surface area contributed by atoms with Gasteiger partial charge in [0.25, 0.3) is 0 Å². The van der Waals surface area contributed by atoms with Gasteiger partial charge in [0.15, 0.2) is 0 Å². The summed E-state index contributed by atoms with van der Waals surface area (Å²) < 4.78 is 12.4. The van der Waals surface area contributed by atoms with Crippen LogP contribution in [0.25, 0.3) is 5.69 Å². The maximum atomic E-state index is 13.5. The highest BCUT2D eigenvalue weighted by Crippen LogP contribution is 2.33. The van der Waals surface area contributed by atoms with E-state index in [9.17, 15) is 4.79 Å². The summed E-state index contributed by atoms with van der Waals surface area (Å²) in [5.41, 5.74) is 0.713. The molecule has 0 N–H and O–H groups in total. The standard InChI is InChI=1S/C23H33N5O3S/c1-30-19-13-14-20(21(15-19)31-2)28-23(24-25-26-28)32-16-22(29)27(17-9-5-3-6-10-17)18-11-7-4-8-12-18/h13-15,17-18H,3-12,16H2,1-2H3. The van der Waals surface area contributed by atoms with Gasteiger partial charge in [-0.25, -0.2) is 0 Å². The molecule has 0 atom stereocenters. The van der Waals surface area contributed by atoms with Crippen LogP contribution < -0.4 is 9.47 Å². The first kappa shape index (κ1) is 22.9. The van der Waals surface area contributed by atoms with E-state index in [-0.39, 0.29) is 5.91 Å². The number of benzene rings is 1. The van der Waals surface area contributed by atoms with E-state index in [1.807, 2.05) is 12.1 Å². The van der Waals surface area contributed by atoms with E-state index in [1.165, 1.54) is 50.3 Å². The molecule has 1 heterocycles. The number of nitrogens with zero attached hydrogens (tertiary/aromatic N) is 5. The van der Waals surface area contributed by atoms with Crippen LogP contribution in [-0.2, 0) is 4.79 Å². The molecule has 9 heteroatoms. The maximum Gasteiger partial charge on any atom is 0.233 e. The lowest BCUT2D eigenvalue weighted by atomic mass is 9.88. The van der Waals surface area contributed by atoms with E-state index in [2.05, 4.69) is 20.4 Å². The van der Waals surface area contributed by atoms with Crippen molar-refractivity contribution < 1.29 is 14.3 Å². The van der Waals surface area contributed by atoms with Crippen LogP contribution >= 0.6 is 11.8 Å². The lowest BCUT2D eigenvalue weighted by molar-refractivity contribution is -0.135. The van der Waals surface area contributed by atoms with Gasteiger partial charge in [0.05, 0.1) is 20.0 Å². The Morgan fingerprint density at radius 1 is 1.03 bits per heavy atom. The number of amides is 1. The van der Waals surface area contributed by atoms with E-state index in [4.69, 9.17) is 9.47 Å². The number of thioether (sulfide) groups is 1. The zero-order valence-corrected chi connectivity index (χ0v) is 19.9. The van der Waals surface area contributed by atoms with Crippen LogP contribution in [0.15, 0.2) is 23.4 Å². The second kappa shape index (κ2) is 11.0. The monoisotopic (exact) mass is 459 g/mol. The fourth-order valence-corrected chi connectivity index (χ4v) is 5.76. The van der Waals surface area contributed by atoms with E-state index in [1.54, 1.807) is 25.0 Å². The number of tetrazole rings is 1. The molecule has 1 amide bonds. The summed E-state index contributed by atoms with van der Waals surface area (Å²) >= 11 is 1.39. The first-order valence-electron chi connectivity index (χ1n) is 11.7. The molecule has 1 aromatic carbocycles. The summed E-state index contributed by atoms with van der Waals surface area (Å²) in [4.78, 5) is 15.7. The molecule has 0 saturated heterocycles. The normalized spacial score (nSPS) is 17.8. The van der Waals surface area contributed by atoms with Crippen LogP contribution in [0.1, 0.15) is 64.2 Å². The van der Waals surface area contributed by atoms with E-state index < -0.39 is 0 Å². The zero-order valence-electron chi connectivity index (χ0n) is 19.0. The largest absolute Gasteiger partial charge is 0.497 e. The van der Waals surface area contributed by atoms with Crippen molar-refractivity contribution in [2.24, 2.45) is 0 Å². The highest BCUT2D eigenvalue weighted by Gasteiger charge is 2.32. The first-order chi connectivity index (χ1) is 15.7. The van der Waals surface area contributed by atoms with Crippen molar-refractivity contribution in [2.75, 3.05) is 20.0 Å². The van der Waals surface area contributed by atoms with Crippen LogP contribution in [0, 0.1) is 0 Å². The van der Waals surface area contributed by atoms with Gasteiger partial charge in [0, 0.05) is 18.2 Å². The maximum absolute atomic E-state index is 13.5. The Hall–Kier alpha value is -2.29. The van der Waals surface area contributed by atoms with Crippen LogP contribution in [-0.4, -0.2) is 63.1 Å². The minimum absolute atomic E-state index is 0.213. The molecule has 8 nitrogen and oxygen atoms in total. The molecule has 0 bridgehead atoms. The van der Waals surface area contributed by atoms with E-state index in [0.29, 0.717) is 40.2 Å². The number of aromatic nitrogens is 4. The molecule has 1 aromatic heterocycles. The molecule has 4 rings (SSSR count). The molecule has 2 aliphatic carbocycles. The molecule has 2 fully saturated rings. The van der Waals surface area contributed by atoms with Crippen LogP contribution in [0.4, 0.5) is 0 Å². The zero-order chi connectivity index (χ0) is 22.3. The summed E-state index contributed by atoms with van der Waals surface area (Å²) in [6.45, 7) is 0. The molecule has 2 aromatic rings. The molecule has 2 saturated carbocycles. The summed E-state index contributed by atoms with van der Waals surface area (Å²) in [5, 5.41) is 12.7. The second-order valence-electron chi connectivity index (χ2n) is 8.58. The number of carbonyl (C=O) groups is 1. The predicted octanol–water partition coefficient (Wildman–Crippen LogP) is 4.27. The minimum atomic E-state index is 0.213. The number of ether oxygens (including phenoxy) is 2. The Morgan fingerprint density at radius 2 is 1.69 bits per heavy atom. The Balaban J connectivity index is 1.49. The van der Waals surface area contributed by atoms with E-state index >= 15 is 0 Å². The third-order valence-electron chi connectivity index (χ3n) is 6.60. The predicted molar refractivity (Wildman–Crippen MR) is 124 cm³/mol. The van der Waals surface area contributed by atoms with Gasteiger partial charge in [0.1, 0.15) is 17.2 Å². The third kappa shape index (κ3) is 5.19.